The summed E-state index contributed by atoms with van der Waals surface area (Å²) in [5.41, 5.74) is 2.02. The van der Waals surface area contributed by atoms with Gasteiger partial charge < -0.3 is 19.9 Å². The Kier molecular flexibility index (Phi) is 7.07. The molecule has 5 rings (SSSR count). The maximum Gasteiger partial charge on any atom is 0.338 e. The quantitative estimate of drug-likeness (QED) is 0.521. The first-order valence-corrected chi connectivity index (χ1v) is 12.7. The fourth-order valence-electron chi connectivity index (χ4n) is 4.35. The number of thiazole rings is 1. The van der Waals surface area contributed by atoms with Gasteiger partial charge in [0.1, 0.15) is 17.9 Å². The Balaban J connectivity index is 1.60. The summed E-state index contributed by atoms with van der Waals surface area (Å²) in [6.45, 7) is 0.839. The highest BCUT2D eigenvalue weighted by Gasteiger charge is 2.37. The number of hydrogen-bond donors (Lipinski definition) is 2. The van der Waals surface area contributed by atoms with Crippen LogP contribution in [0.4, 0.5) is 4.39 Å². The third-order valence-electron chi connectivity index (χ3n) is 6.39. The molecule has 0 amide bonds. The number of halogens is 2. The molecule has 9 nitrogen and oxygen atoms in total. The lowest BCUT2D eigenvalue weighted by Gasteiger charge is -2.35. The van der Waals surface area contributed by atoms with E-state index in [2.05, 4.69) is 5.32 Å². The van der Waals surface area contributed by atoms with Crippen LogP contribution in [0.15, 0.2) is 39.8 Å². The molecule has 1 aromatic carbocycles. The molecule has 1 saturated heterocycles. The van der Waals surface area contributed by atoms with E-state index in [1.165, 1.54) is 36.6 Å². The summed E-state index contributed by atoms with van der Waals surface area (Å²) in [4.78, 5) is 36.2. The highest BCUT2D eigenvalue weighted by Crippen LogP contribution is 2.41. The Morgan fingerprint density at radius 3 is 2.89 bits per heavy atom. The smallest absolute Gasteiger partial charge is 0.338 e. The third kappa shape index (κ3) is 5.01. The molecule has 190 valence electrons. The number of aromatic nitrogens is 1. The van der Waals surface area contributed by atoms with Crippen molar-refractivity contribution in [3.05, 3.63) is 62.0 Å². The van der Waals surface area contributed by atoms with E-state index < -0.39 is 29.8 Å². The maximum atomic E-state index is 13.8. The molecule has 36 heavy (non-hydrogen) atoms. The van der Waals surface area contributed by atoms with Gasteiger partial charge in [-0.1, -0.05) is 17.7 Å². The summed E-state index contributed by atoms with van der Waals surface area (Å²) >= 11 is 7.84. The lowest BCUT2D eigenvalue weighted by molar-refractivity contribution is -0.149. The number of benzene rings is 1. The number of aliphatic imine (C=N–C) groups is 1. The van der Waals surface area contributed by atoms with Crippen LogP contribution in [0.3, 0.4) is 0 Å². The number of nitrogens with zero attached hydrogens (tertiary/aromatic N) is 3. The number of morpholine rings is 1. The summed E-state index contributed by atoms with van der Waals surface area (Å²) < 4.78 is 24.3. The number of aliphatic carboxylic acids is 1. The van der Waals surface area contributed by atoms with Gasteiger partial charge >= 0.3 is 11.9 Å². The Bertz CT molecular complexity index is 1260. The second-order valence-electron chi connectivity index (χ2n) is 8.81. The number of nitrogens with one attached hydrogen (secondary N) is 1. The molecule has 2 fully saturated rings. The second kappa shape index (κ2) is 10.3. The zero-order valence-corrected chi connectivity index (χ0v) is 20.9. The molecular formula is C24H24ClFN4O5S. The van der Waals surface area contributed by atoms with Crippen LogP contribution in [0, 0.1) is 5.82 Å². The zero-order valence-electron chi connectivity index (χ0n) is 19.4. The Labute approximate surface area is 215 Å². The van der Waals surface area contributed by atoms with Crippen molar-refractivity contribution < 1.29 is 28.6 Å². The number of amidine groups is 1. The van der Waals surface area contributed by atoms with Gasteiger partial charge in [-0.05, 0) is 25.0 Å². The molecule has 3 aliphatic rings. The van der Waals surface area contributed by atoms with Gasteiger partial charge in [-0.3, -0.25) is 14.7 Å². The van der Waals surface area contributed by atoms with Crippen molar-refractivity contribution in [2.75, 3.05) is 33.4 Å². The van der Waals surface area contributed by atoms with E-state index in [4.69, 9.17) is 31.1 Å². The molecule has 1 aromatic heterocycles. The molecule has 2 aromatic rings. The number of esters is 1. The summed E-state index contributed by atoms with van der Waals surface area (Å²) in [6, 6.07) is 2.11. The van der Waals surface area contributed by atoms with Crippen molar-refractivity contribution in [1.29, 1.82) is 0 Å². The van der Waals surface area contributed by atoms with Gasteiger partial charge in [-0.15, -0.1) is 11.3 Å². The first-order chi connectivity index (χ1) is 17.4. The Hall–Kier alpha value is -2.86. The fourth-order valence-corrected chi connectivity index (χ4v) is 5.47. The van der Waals surface area contributed by atoms with Crippen LogP contribution in [-0.4, -0.2) is 72.2 Å². The fraction of sp³-hybridized carbons (Fsp3) is 0.417. The summed E-state index contributed by atoms with van der Waals surface area (Å²) in [5.74, 6) is -1.31. The van der Waals surface area contributed by atoms with Gasteiger partial charge in [0.25, 0.3) is 0 Å². The van der Waals surface area contributed by atoms with E-state index in [1.807, 2.05) is 5.38 Å². The lowest BCUT2D eigenvalue weighted by atomic mass is 9.95. The largest absolute Gasteiger partial charge is 0.480 e. The molecular weight excluding hydrogens is 511 g/mol. The predicted molar refractivity (Wildman–Crippen MR) is 131 cm³/mol. The zero-order chi connectivity index (χ0) is 25.4. The van der Waals surface area contributed by atoms with Crippen LogP contribution in [0.5, 0.6) is 0 Å². The van der Waals surface area contributed by atoms with E-state index in [0.29, 0.717) is 41.2 Å². The van der Waals surface area contributed by atoms with Crippen LogP contribution < -0.4 is 5.32 Å². The van der Waals surface area contributed by atoms with Crippen LogP contribution >= 0.6 is 22.9 Å². The molecule has 1 unspecified atom stereocenters. The summed E-state index contributed by atoms with van der Waals surface area (Å²) in [5, 5.41) is 15.7. The van der Waals surface area contributed by atoms with E-state index in [-0.39, 0.29) is 23.7 Å². The highest BCUT2D eigenvalue weighted by molar-refractivity contribution is 7.11. The number of ether oxygens (including phenoxy) is 2. The van der Waals surface area contributed by atoms with E-state index >= 15 is 0 Å². The number of methoxy groups -OCH3 is 1. The highest BCUT2D eigenvalue weighted by atomic mass is 35.5. The number of carboxylic acids is 1. The van der Waals surface area contributed by atoms with Gasteiger partial charge in [0.2, 0.25) is 0 Å². The van der Waals surface area contributed by atoms with Crippen LogP contribution in [0.2, 0.25) is 5.02 Å². The molecule has 12 heteroatoms. The predicted octanol–water partition coefficient (Wildman–Crippen LogP) is 3.12. The molecule has 0 bridgehead atoms. The van der Waals surface area contributed by atoms with E-state index in [9.17, 15) is 19.1 Å². The van der Waals surface area contributed by atoms with Gasteiger partial charge in [0.05, 0.1) is 31.6 Å². The average molecular weight is 535 g/mol. The van der Waals surface area contributed by atoms with Gasteiger partial charge in [0, 0.05) is 40.7 Å². The minimum Gasteiger partial charge on any atom is -0.480 e. The van der Waals surface area contributed by atoms with E-state index in [1.54, 1.807) is 4.90 Å². The van der Waals surface area contributed by atoms with Crippen LogP contribution in [0.25, 0.3) is 0 Å². The molecule has 2 N–H and O–H groups in total. The minimum absolute atomic E-state index is 0.0293. The van der Waals surface area contributed by atoms with Crippen LogP contribution in [0.1, 0.15) is 41.1 Å². The number of carbonyl (C=O) groups excluding carboxylic acids is 1. The summed E-state index contributed by atoms with van der Waals surface area (Å²) in [6.07, 6.45) is 2.20. The molecule has 0 radical (unpaired) electrons. The normalized spacial score (nSPS) is 22.7. The van der Waals surface area contributed by atoms with Crippen molar-refractivity contribution in [2.24, 2.45) is 4.99 Å². The number of carboxylic acid groups (broad SMARTS) is 1. The maximum absolute atomic E-state index is 13.8. The summed E-state index contributed by atoms with van der Waals surface area (Å²) in [7, 11) is 1.26. The molecule has 2 atom stereocenters. The first-order valence-electron chi connectivity index (χ1n) is 11.5. The Morgan fingerprint density at radius 1 is 1.39 bits per heavy atom. The van der Waals surface area contributed by atoms with Crippen molar-refractivity contribution >= 4 is 40.7 Å². The van der Waals surface area contributed by atoms with Crippen molar-refractivity contribution in [3.8, 4) is 0 Å². The van der Waals surface area contributed by atoms with Gasteiger partial charge in [-0.2, -0.15) is 0 Å². The van der Waals surface area contributed by atoms with Gasteiger partial charge in [-0.25, -0.2) is 14.2 Å². The second-order valence-corrected chi connectivity index (χ2v) is 10.1. The molecule has 3 heterocycles. The third-order valence-corrected chi connectivity index (χ3v) is 7.59. The number of carbonyl (C=O) groups is 2. The van der Waals surface area contributed by atoms with Crippen molar-refractivity contribution in [2.45, 2.75) is 30.8 Å². The molecule has 0 spiro atoms. The van der Waals surface area contributed by atoms with Gasteiger partial charge in [0.15, 0.2) is 10.8 Å². The molecule has 1 aliphatic carbocycles. The Morgan fingerprint density at radius 2 is 2.19 bits per heavy atom. The monoisotopic (exact) mass is 534 g/mol. The van der Waals surface area contributed by atoms with Crippen molar-refractivity contribution in [1.82, 2.24) is 15.2 Å². The number of rotatable bonds is 7. The van der Waals surface area contributed by atoms with Crippen molar-refractivity contribution in [3.63, 3.8) is 0 Å². The van der Waals surface area contributed by atoms with Crippen LogP contribution in [-0.2, 0) is 19.1 Å². The average Bonchev–Trinajstić information content (AvgIpc) is 3.59. The molecule has 1 saturated carbocycles. The minimum atomic E-state index is -1.02. The lowest BCUT2D eigenvalue weighted by Crippen LogP contribution is -2.52. The SMILES string of the molecule is COC(=O)C1=C(CN2CCOCC2C(=O)O)NC(c2nc(C3CC3)cs2)=N[C@H]1c1ccc(F)cc1Cl. The van der Waals surface area contributed by atoms with E-state index in [0.717, 1.165) is 18.5 Å². The first kappa shape index (κ1) is 24.8. The standard InChI is InChI=1S/C24H24ClFN4O5S/c1-34-24(33)19-16(9-30-6-7-35-10-18(30)23(31)32)27-21(22-28-17(11-36-22)12-2-3-12)29-20(19)14-5-4-13(26)8-15(14)25/h4-5,8,11-12,18,20H,2-3,6-7,9-10H2,1H3,(H,27,29)(H,31,32)/t18?,20-/m0/s1. The number of hydrogen-bond acceptors (Lipinski definition) is 9. The topological polar surface area (TPSA) is 113 Å². The molecule has 2 aliphatic heterocycles.